The molecule has 1 aromatic carbocycles. The molecule has 3 heteroatoms. The second-order valence-corrected chi connectivity index (χ2v) is 5.40. The van der Waals surface area contributed by atoms with E-state index in [9.17, 15) is 0 Å². The van der Waals surface area contributed by atoms with Crippen LogP contribution in [0.5, 0.6) is 0 Å². The van der Waals surface area contributed by atoms with Crippen molar-refractivity contribution in [3.8, 4) is 11.4 Å². The molecule has 0 saturated carbocycles. The van der Waals surface area contributed by atoms with E-state index in [1.165, 1.54) is 16.3 Å². The molecule has 0 atom stereocenters. The summed E-state index contributed by atoms with van der Waals surface area (Å²) in [7, 11) is 0. The highest BCUT2D eigenvalue weighted by Crippen LogP contribution is 2.30. The van der Waals surface area contributed by atoms with Gasteiger partial charge in [0.1, 0.15) is 0 Å². The van der Waals surface area contributed by atoms with Crippen molar-refractivity contribution in [2.75, 3.05) is 0 Å². The number of aromatic amines is 1. The number of nitrogens with one attached hydrogen (secondary N) is 1. The minimum Gasteiger partial charge on any atom is -0.353 e. The van der Waals surface area contributed by atoms with Crippen LogP contribution in [0.4, 0.5) is 0 Å². The summed E-state index contributed by atoms with van der Waals surface area (Å²) in [5.41, 5.74) is 6.35. The van der Waals surface area contributed by atoms with E-state index in [-0.39, 0.29) is 0 Å². The summed E-state index contributed by atoms with van der Waals surface area (Å²) in [5.74, 6) is 0. The van der Waals surface area contributed by atoms with Crippen LogP contribution >= 0.6 is 0 Å². The van der Waals surface area contributed by atoms with Gasteiger partial charge in [0, 0.05) is 22.5 Å². The Morgan fingerprint density at radius 3 is 2.62 bits per heavy atom. The molecule has 0 fully saturated rings. The third kappa shape index (κ3) is 1.89. The molecular formula is C18H15N3. The van der Waals surface area contributed by atoms with E-state index in [0.717, 1.165) is 28.1 Å². The zero-order valence-corrected chi connectivity index (χ0v) is 12.0. The number of aryl methyl sites for hydroxylation is 2. The van der Waals surface area contributed by atoms with Crippen molar-refractivity contribution in [2.45, 2.75) is 13.8 Å². The lowest BCUT2D eigenvalue weighted by molar-refractivity contribution is 1.19. The van der Waals surface area contributed by atoms with Crippen molar-refractivity contribution in [1.29, 1.82) is 0 Å². The van der Waals surface area contributed by atoms with E-state index in [4.69, 9.17) is 4.98 Å². The van der Waals surface area contributed by atoms with Crippen molar-refractivity contribution in [3.63, 3.8) is 0 Å². The largest absolute Gasteiger partial charge is 0.353 e. The van der Waals surface area contributed by atoms with Gasteiger partial charge >= 0.3 is 0 Å². The van der Waals surface area contributed by atoms with Gasteiger partial charge in [-0.2, -0.15) is 0 Å². The molecule has 0 aliphatic heterocycles. The molecule has 0 amide bonds. The lowest BCUT2D eigenvalue weighted by atomic mass is 10.1. The summed E-state index contributed by atoms with van der Waals surface area (Å²) in [6.07, 6.45) is 1.80. The smallest absolute Gasteiger partial charge is 0.0897 e. The zero-order valence-electron chi connectivity index (χ0n) is 12.0. The Kier molecular flexibility index (Phi) is 2.54. The highest BCUT2D eigenvalue weighted by atomic mass is 14.8. The van der Waals surface area contributed by atoms with Crippen LogP contribution < -0.4 is 0 Å². The Hall–Kier alpha value is -2.68. The lowest BCUT2D eigenvalue weighted by Crippen LogP contribution is -1.90. The van der Waals surface area contributed by atoms with Crippen LogP contribution in [-0.4, -0.2) is 15.0 Å². The van der Waals surface area contributed by atoms with Gasteiger partial charge in [0.2, 0.25) is 0 Å². The number of aromatic nitrogens is 3. The molecule has 0 aliphatic carbocycles. The number of hydrogen-bond donors (Lipinski definition) is 1. The van der Waals surface area contributed by atoms with E-state index in [1.54, 1.807) is 6.20 Å². The minimum absolute atomic E-state index is 0.907. The van der Waals surface area contributed by atoms with Gasteiger partial charge in [-0.15, -0.1) is 0 Å². The molecule has 102 valence electrons. The topological polar surface area (TPSA) is 41.6 Å². The van der Waals surface area contributed by atoms with Crippen LogP contribution in [0.1, 0.15) is 11.3 Å². The average molecular weight is 273 g/mol. The van der Waals surface area contributed by atoms with Gasteiger partial charge in [0.15, 0.2) is 0 Å². The lowest BCUT2D eigenvalue weighted by Gasteiger charge is -2.03. The van der Waals surface area contributed by atoms with Gasteiger partial charge in [-0.1, -0.05) is 17.7 Å². The summed E-state index contributed by atoms with van der Waals surface area (Å²) < 4.78 is 0. The van der Waals surface area contributed by atoms with Crippen molar-refractivity contribution in [3.05, 3.63) is 59.9 Å². The highest BCUT2D eigenvalue weighted by Gasteiger charge is 2.11. The molecule has 3 nitrogen and oxygen atoms in total. The Labute approximate surface area is 122 Å². The van der Waals surface area contributed by atoms with Gasteiger partial charge in [-0.3, -0.25) is 4.98 Å². The molecule has 3 aromatic heterocycles. The molecular weight excluding hydrogens is 258 g/mol. The molecule has 0 saturated heterocycles. The molecule has 1 N–H and O–H groups in total. The molecule has 0 unspecified atom stereocenters. The van der Waals surface area contributed by atoms with E-state index in [0.29, 0.717) is 0 Å². The Morgan fingerprint density at radius 1 is 0.905 bits per heavy atom. The quantitative estimate of drug-likeness (QED) is 0.558. The maximum absolute atomic E-state index is 4.70. The van der Waals surface area contributed by atoms with Gasteiger partial charge in [0.05, 0.1) is 22.6 Å². The third-order valence-corrected chi connectivity index (χ3v) is 3.85. The zero-order chi connectivity index (χ0) is 14.4. The molecule has 3 heterocycles. The number of benzene rings is 1. The van der Waals surface area contributed by atoms with Crippen LogP contribution in [0.15, 0.2) is 48.7 Å². The first-order chi connectivity index (χ1) is 10.2. The standard InChI is InChI=1S/C18H15N3/c1-11-6-7-15-13(9-11)14-10-17(16-5-3-4-8-19-16)20-12(2)18(14)21-15/h3-10,21H,1-2H3. The average Bonchev–Trinajstić information content (AvgIpc) is 2.87. The van der Waals surface area contributed by atoms with E-state index < -0.39 is 0 Å². The minimum atomic E-state index is 0.907. The second-order valence-electron chi connectivity index (χ2n) is 5.40. The van der Waals surface area contributed by atoms with E-state index in [1.807, 2.05) is 25.1 Å². The van der Waals surface area contributed by atoms with Crippen molar-refractivity contribution < 1.29 is 0 Å². The Morgan fingerprint density at radius 2 is 1.81 bits per heavy atom. The van der Waals surface area contributed by atoms with E-state index in [2.05, 4.69) is 41.2 Å². The molecule has 21 heavy (non-hydrogen) atoms. The molecule has 0 spiro atoms. The highest BCUT2D eigenvalue weighted by molar-refractivity contribution is 6.09. The first kappa shape index (κ1) is 12.1. The van der Waals surface area contributed by atoms with Crippen LogP contribution in [0.25, 0.3) is 33.2 Å². The van der Waals surface area contributed by atoms with Crippen LogP contribution in [0.2, 0.25) is 0 Å². The fourth-order valence-electron chi connectivity index (χ4n) is 2.81. The number of pyridine rings is 2. The number of fused-ring (bicyclic) bond motifs is 3. The first-order valence-corrected chi connectivity index (χ1v) is 7.03. The van der Waals surface area contributed by atoms with Crippen LogP contribution in [0, 0.1) is 13.8 Å². The Balaban J connectivity index is 2.08. The predicted molar refractivity (Wildman–Crippen MR) is 86.3 cm³/mol. The fourth-order valence-corrected chi connectivity index (χ4v) is 2.81. The van der Waals surface area contributed by atoms with Gasteiger partial charge in [-0.05, 0) is 44.2 Å². The number of nitrogens with zero attached hydrogens (tertiary/aromatic N) is 2. The monoisotopic (exact) mass is 273 g/mol. The molecule has 4 aromatic rings. The number of rotatable bonds is 1. The van der Waals surface area contributed by atoms with Crippen molar-refractivity contribution in [1.82, 2.24) is 15.0 Å². The molecule has 0 bridgehead atoms. The predicted octanol–water partition coefficient (Wildman–Crippen LogP) is 4.39. The summed E-state index contributed by atoms with van der Waals surface area (Å²) in [6.45, 7) is 4.16. The van der Waals surface area contributed by atoms with Gasteiger partial charge in [-0.25, -0.2) is 4.98 Å². The number of H-pyrrole nitrogens is 1. The van der Waals surface area contributed by atoms with Gasteiger partial charge < -0.3 is 4.98 Å². The molecule has 4 rings (SSSR count). The summed E-state index contributed by atoms with van der Waals surface area (Å²) in [4.78, 5) is 12.6. The third-order valence-electron chi connectivity index (χ3n) is 3.85. The summed E-state index contributed by atoms with van der Waals surface area (Å²) in [6, 6.07) is 14.5. The maximum atomic E-state index is 4.70. The van der Waals surface area contributed by atoms with Crippen molar-refractivity contribution in [2.24, 2.45) is 0 Å². The second kappa shape index (κ2) is 4.42. The van der Waals surface area contributed by atoms with Crippen LogP contribution in [0.3, 0.4) is 0 Å². The summed E-state index contributed by atoms with van der Waals surface area (Å²) >= 11 is 0. The molecule has 0 radical (unpaired) electrons. The molecule has 0 aliphatic rings. The maximum Gasteiger partial charge on any atom is 0.0897 e. The first-order valence-electron chi connectivity index (χ1n) is 7.03. The summed E-state index contributed by atoms with van der Waals surface area (Å²) in [5, 5.41) is 2.45. The fraction of sp³-hybridized carbons (Fsp3) is 0.111. The SMILES string of the molecule is Cc1ccc2[nH]c3c(C)nc(-c4ccccn4)cc3c2c1. The van der Waals surface area contributed by atoms with E-state index >= 15 is 0 Å². The van der Waals surface area contributed by atoms with Gasteiger partial charge in [0.25, 0.3) is 0 Å². The van der Waals surface area contributed by atoms with Crippen LogP contribution in [-0.2, 0) is 0 Å². The Bertz CT molecular complexity index is 952. The number of hydrogen-bond acceptors (Lipinski definition) is 2. The van der Waals surface area contributed by atoms with Crippen molar-refractivity contribution >= 4 is 21.8 Å². The normalized spacial score (nSPS) is 11.3.